The minimum Gasteiger partial charge on any atom is -0.444 e. The van der Waals surface area contributed by atoms with Gasteiger partial charge in [0, 0.05) is 23.4 Å². The Morgan fingerprint density at radius 2 is 1.97 bits per heavy atom. The summed E-state index contributed by atoms with van der Waals surface area (Å²) in [6, 6.07) is 3.18. The highest BCUT2D eigenvalue weighted by atomic mass is 32.3. The van der Waals surface area contributed by atoms with E-state index in [0.717, 1.165) is 18.2 Å². The van der Waals surface area contributed by atoms with Crippen molar-refractivity contribution in [1.82, 2.24) is 10.0 Å². The predicted molar refractivity (Wildman–Crippen MR) is 115 cm³/mol. The van der Waals surface area contributed by atoms with Crippen molar-refractivity contribution in [2.24, 2.45) is 4.99 Å². The number of amides is 1. The number of hydrogen-bond acceptors (Lipinski definition) is 7. The Balaban J connectivity index is 2.63. The lowest BCUT2D eigenvalue weighted by molar-refractivity contribution is -0.385. The van der Waals surface area contributed by atoms with Crippen molar-refractivity contribution in [2.75, 3.05) is 12.8 Å². The number of aliphatic imine (C=N–C) groups is 1. The topological polar surface area (TPSA) is 126 Å². The molecule has 1 aromatic carbocycles. The van der Waals surface area contributed by atoms with Crippen LogP contribution in [0, 0.1) is 15.9 Å². The fourth-order valence-corrected chi connectivity index (χ4v) is 5.71. The number of hydrogen-bond donors (Lipinski definition) is 3. The van der Waals surface area contributed by atoms with Gasteiger partial charge in [-0.1, -0.05) is 10.5 Å². The number of benzene rings is 1. The molecule has 0 aromatic heterocycles. The number of non-ortho nitro benzene ring substituents is 1. The summed E-state index contributed by atoms with van der Waals surface area (Å²) in [5, 5.41) is 13.8. The monoisotopic (exact) mass is 444 g/mol. The molecule has 11 heteroatoms. The summed E-state index contributed by atoms with van der Waals surface area (Å²) in [5.74, 6) is -0.606. The van der Waals surface area contributed by atoms with E-state index < -0.39 is 43.2 Å². The highest BCUT2D eigenvalue weighted by Crippen LogP contribution is 2.59. The third-order valence-corrected chi connectivity index (χ3v) is 8.50. The number of alkyl carbamates (subject to hydrolysis) is 1. The highest BCUT2D eigenvalue weighted by Gasteiger charge is 2.53. The summed E-state index contributed by atoms with van der Waals surface area (Å²) in [4.78, 5) is 27.5. The first-order chi connectivity index (χ1) is 13.5. The third-order valence-electron chi connectivity index (χ3n) is 4.96. The standard InChI is InChI=1S/C19H29FN4O5S/c1-17(2,3)29-16(25)22-15-18(4,5)30(28,21-7)11-19(6,23-15)13-10-12(24(26)27)8-9-14(13)20/h8-10,21,28H,11H2,1-7H3,(H,22,23,25)/t19-/m0/s1. The first kappa shape index (κ1) is 24.0. The molecular weight excluding hydrogens is 415 g/mol. The van der Waals surface area contributed by atoms with E-state index >= 15 is 0 Å². The molecule has 1 aromatic rings. The molecule has 1 heterocycles. The van der Waals surface area contributed by atoms with Crippen molar-refractivity contribution >= 4 is 28.1 Å². The SMILES string of the molecule is CNS1(O)C[C@@](C)(c2cc([N+](=O)[O-])ccc2F)N=C(NC(=O)OC(C)(C)C)C1(C)C. The van der Waals surface area contributed by atoms with Crippen molar-refractivity contribution in [3.05, 3.63) is 39.7 Å². The van der Waals surface area contributed by atoms with Gasteiger partial charge in [-0.2, -0.15) is 0 Å². The van der Waals surface area contributed by atoms with Crippen LogP contribution in [0.15, 0.2) is 23.2 Å². The van der Waals surface area contributed by atoms with Crippen LogP contribution in [-0.4, -0.2) is 44.6 Å². The molecule has 1 aliphatic heterocycles. The molecule has 0 saturated heterocycles. The van der Waals surface area contributed by atoms with Gasteiger partial charge in [-0.25, -0.2) is 9.18 Å². The largest absolute Gasteiger partial charge is 0.444 e. The Morgan fingerprint density at radius 1 is 1.37 bits per heavy atom. The van der Waals surface area contributed by atoms with Crippen LogP contribution in [0.25, 0.3) is 0 Å². The molecule has 2 rings (SSSR count). The number of ether oxygens (including phenoxy) is 1. The zero-order chi connectivity index (χ0) is 23.1. The highest BCUT2D eigenvalue weighted by molar-refractivity contribution is 8.29. The minimum atomic E-state index is -2.69. The van der Waals surface area contributed by atoms with Gasteiger partial charge < -0.3 is 9.29 Å². The molecule has 0 fully saturated rings. The zero-order valence-electron chi connectivity index (χ0n) is 18.2. The van der Waals surface area contributed by atoms with E-state index in [0.29, 0.717) is 0 Å². The normalized spacial score (nSPS) is 28.1. The fourth-order valence-electron chi connectivity index (χ4n) is 3.24. The van der Waals surface area contributed by atoms with E-state index in [1.807, 2.05) is 0 Å². The summed E-state index contributed by atoms with van der Waals surface area (Å²) >= 11 is 0. The molecule has 1 unspecified atom stereocenters. The fraction of sp³-hybridized carbons (Fsp3) is 0.579. The lowest BCUT2D eigenvalue weighted by atomic mass is 9.92. The van der Waals surface area contributed by atoms with Crippen LogP contribution in [-0.2, 0) is 10.3 Å². The lowest BCUT2D eigenvalue weighted by Crippen LogP contribution is -2.58. The maximum atomic E-state index is 14.7. The van der Waals surface area contributed by atoms with Gasteiger partial charge in [0.25, 0.3) is 5.69 Å². The van der Waals surface area contributed by atoms with Crippen molar-refractivity contribution in [1.29, 1.82) is 0 Å². The van der Waals surface area contributed by atoms with Crippen LogP contribution in [0.4, 0.5) is 14.9 Å². The van der Waals surface area contributed by atoms with Crippen LogP contribution in [0.1, 0.15) is 47.1 Å². The van der Waals surface area contributed by atoms with Gasteiger partial charge >= 0.3 is 6.09 Å². The smallest absolute Gasteiger partial charge is 0.413 e. The van der Waals surface area contributed by atoms with E-state index in [1.165, 1.54) is 0 Å². The number of nitro benzene ring substituents is 1. The number of nitrogens with one attached hydrogen (secondary N) is 2. The number of nitrogens with zero attached hydrogens (tertiary/aromatic N) is 2. The van der Waals surface area contributed by atoms with Crippen LogP contribution in [0.5, 0.6) is 0 Å². The van der Waals surface area contributed by atoms with Crippen LogP contribution >= 0.6 is 10.5 Å². The average molecular weight is 445 g/mol. The molecule has 0 aliphatic carbocycles. The molecule has 0 radical (unpaired) electrons. The molecule has 2 atom stereocenters. The van der Waals surface area contributed by atoms with Crippen LogP contribution in [0.3, 0.4) is 0 Å². The quantitative estimate of drug-likeness (QED) is 0.476. The lowest BCUT2D eigenvalue weighted by Gasteiger charge is -2.54. The summed E-state index contributed by atoms with van der Waals surface area (Å²) in [7, 11) is -1.12. The summed E-state index contributed by atoms with van der Waals surface area (Å²) in [5.41, 5.74) is -2.47. The molecule has 1 amide bonds. The summed E-state index contributed by atoms with van der Waals surface area (Å²) in [6.45, 7) is 10.1. The van der Waals surface area contributed by atoms with Crippen molar-refractivity contribution in [3.8, 4) is 0 Å². The van der Waals surface area contributed by atoms with Gasteiger partial charge in [-0.3, -0.25) is 25.1 Å². The molecule has 0 saturated carbocycles. The molecule has 3 N–H and O–H groups in total. The average Bonchev–Trinajstić information content (AvgIpc) is 2.58. The molecule has 9 nitrogen and oxygen atoms in total. The second-order valence-electron chi connectivity index (χ2n) is 8.84. The van der Waals surface area contributed by atoms with Gasteiger partial charge in [0.2, 0.25) is 0 Å². The minimum absolute atomic E-state index is 0.0128. The Hall–Kier alpha value is -2.24. The Bertz CT molecular complexity index is 901. The number of nitro groups is 1. The number of amidine groups is 1. The summed E-state index contributed by atoms with van der Waals surface area (Å²) < 4.78 is 33.4. The van der Waals surface area contributed by atoms with Gasteiger partial charge in [0.1, 0.15) is 17.3 Å². The predicted octanol–water partition coefficient (Wildman–Crippen LogP) is 4.08. The molecule has 168 valence electrons. The number of carbonyl (C=O) groups excluding carboxylic acids is 1. The van der Waals surface area contributed by atoms with Gasteiger partial charge in [0.15, 0.2) is 0 Å². The van der Waals surface area contributed by atoms with Gasteiger partial charge in [0.05, 0.1) is 15.2 Å². The van der Waals surface area contributed by atoms with E-state index in [-0.39, 0.29) is 22.8 Å². The van der Waals surface area contributed by atoms with Crippen LogP contribution < -0.4 is 10.0 Å². The Morgan fingerprint density at radius 3 is 2.47 bits per heavy atom. The Kier molecular flexibility index (Phi) is 6.24. The van der Waals surface area contributed by atoms with E-state index in [2.05, 4.69) is 15.0 Å². The third kappa shape index (κ3) is 4.57. The number of carbonyl (C=O) groups is 1. The zero-order valence-corrected chi connectivity index (χ0v) is 19.0. The van der Waals surface area contributed by atoms with Crippen molar-refractivity contribution in [2.45, 2.75) is 57.4 Å². The number of halogens is 1. The summed E-state index contributed by atoms with van der Waals surface area (Å²) in [6.07, 6.45) is -0.768. The van der Waals surface area contributed by atoms with Gasteiger partial charge in [-0.05, 0) is 54.7 Å². The second-order valence-corrected chi connectivity index (χ2v) is 12.0. The van der Waals surface area contributed by atoms with E-state index in [4.69, 9.17) is 4.74 Å². The van der Waals surface area contributed by atoms with Crippen LogP contribution in [0.2, 0.25) is 0 Å². The van der Waals surface area contributed by atoms with Gasteiger partial charge in [-0.15, -0.1) is 0 Å². The molecule has 30 heavy (non-hydrogen) atoms. The molecule has 0 bridgehead atoms. The molecular formula is C19H29FN4O5S. The molecule has 1 aliphatic rings. The number of rotatable bonds is 3. The maximum absolute atomic E-state index is 14.7. The van der Waals surface area contributed by atoms with Crippen molar-refractivity contribution in [3.63, 3.8) is 0 Å². The maximum Gasteiger partial charge on any atom is 0.413 e. The van der Waals surface area contributed by atoms with E-state index in [9.17, 15) is 23.9 Å². The molecule has 0 spiro atoms. The first-order valence-electron chi connectivity index (χ1n) is 9.31. The Labute approximate surface area is 176 Å². The van der Waals surface area contributed by atoms with E-state index in [1.54, 1.807) is 48.6 Å². The second kappa shape index (κ2) is 7.78. The van der Waals surface area contributed by atoms with Crippen molar-refractivity contribution < 1.29 is 23.4 Å². The first-order valence-corrected chi connectivity index (χ1v) is 11.1.